The lowest BCUT2D eigenvalue weighted by molar-refractivity contribution is 0.386. The highest BCUT2D eigenvalue weighted by atomic mass is 32.1. The predicted octanol–water partition coefficient (Wildman–Crippen LogP) is 2.05. The Kier molecular flexibility index (Phi) is 3.53. The molecule has 0 fully saturated rings. The van der Waals surface area contributed by atoms with Crippen LogP contribution in [-0.2, 0) is 12.8 Å². The van der Waals surface area contributed by atoms with Crippen LogP contribution in [0, 0.1) is 5.82 Å². The van der Waals surface area contributed by atoms with Gasteiger partial charge in [0, 0.05) is 18.0 Å². The summed E-state index contributed by atoms with van der Waals surface area (Å²) in [6.07, 6.45) is 1.41. The van der Waals surface area contributed by atoms with Gasteiger partial charge in [-0.15, -0.1) is 0 Å². The molecule has 0 radical (unpaired) electrons. The van der Waals surface area contributed by atoms with E-state index in [1.807, 2.05) is 0 Å². The van der Waals surface area contributed by atoms with Crippen molar-refractivity contribution in [3.8, 4) is 5.75 Å². The van der Waals surface area contributed by atoms with Crippen LogP contribution in [-0.4, -0.2) is 16.5 Å². The molecule has 0 saturated carbocycles. The molecule has 17 heavy (non-hydrogen) atoms. The van der Waals surface area contributed by atoms with E-state index in [1.165, 1.54) is 24.7 Å². The van der Waals surface area contributed by atoms with Crippen molar-refractivity contribution >= 4 is 16.7 Å². The summed E-state index contributed by atoms with van der Waals surface area (Å²) in [4.78, 5) is 4.07. The van der Waals surface area contributed by atoms with Crippen LogP contribution >= 0.6 is 11.5 Å². The van der Waals surface area contributed by atoms with E-state index in [-0.39, 0.29) is 11.6 Å². The minimum atomic E-state index is -0.354. The molecule has 0 atom stereocenters. The van der Waals surface area contributed by atoms with Crippen molar-refractivity contribution in [3.63, 3.8) is 0 Å². The summed E-state index contributed by atoms with van der Waals surface area (Å²) in [5, 5.41) is 0.469. The topological polar surface area (TPSA) is 61.0 Å². The molecule has 2 aromatic rings. The second-order valence-electron chi connectivity index (χ2n) is 3.52. The molecule has 0 amide bonds. The molecule has 2 N–H and O–H groups in total. The van der Waals surface area contributed by atoms with Gasteiger partial charge in [0.05, 0.1) is 7.11 Å². The van der Waals surface area contributed by atoms with Gasteiger partial charge < -0.3 is 10.5 Å². The van der Waals surface area contributed by atoms with Gasteiger partial charge in [0.1, 0.15) is 5.82 Å². The van der Waals surface area contributed by atoms with E-state index < -0.39 is 0 Å². The van der Waals surface area contributed by atoms with Crippen molar-refractivity contribution in [3.05, 3.63) is 35.4 Å². The molecule has 1 aromatic carbocycles. The zero-order valence-electron chi connectivity index (χ0n) is 9.31. The minimum absolute atomic E-state index is 0.258. The molecule has 0 aliphatic heterocycles. The van der Waals surface area contributed by atoms with E-state index in [1.54, 1.807) is 12.1 Å². The second-order valence-corrected chi connectivity index (χ2v) is 4.30. The monoisotopic (exact) mass is 253 g/mol. The van der Waals surface area contributed by atoms with Crippen molar-refractivity contribution in [2.24, 2.45) is 0 Å². The quantitative estimate of drug-likeness (QED) is 0.906. The molecule has 2 rings (SSSR count). The molecule has 0 aliphatic carbocycles. The average molecular weight is 253 g/mol. The van der Waals surface area contributed by atoms with Gasteiger partial charge in [-0.05, 0) is 24.1 Å². The number of hydrogen-bond acceptors (Lipinski definition) is 5. The maximum atomic E-state index is 13.2. The molecule has 1 heterocycles. The van der Waals surface area contributed by atoms with Crippen molar-refractivity contribution in [1.29, 1.82) is 0 Å². The van der Waals surface area contributed by atoms with E-state index in [2.05, 4.69) is 9.36 Å². The van der Waals surface area contributed by atoms with Gasteiger partial charge in [0.15, 0.2) is 16.7 Å². The molecular weight excluding hydrogens is 241 g/mol. The zero-order valence-corrected chi connectivity index (χ0v) is 10.1. The Morgan fingerprint density at radius 1 is 1.41 bits per heavy atom. The molecule has 6 heteroatoms. The molecule has 0 spiro atoms. The Morgan fingerprint density at radius 3 is 2.88 bits per heavy atom. The van der Waals surface area contributed by atoms with Crippen LogP contribution in [0.3, 0.4) is 0 Å². The first kappa shape index (κ1) is 11.8. The van der Waals surface area contributed by atoms with E-state index >= 15 is 0 Å². The number of benzene rings is 1. The number of ether oxygens (including phenoxy) is 1. The Hall–Kier alpha value is -1.69. The summed E-state index contributed by atoms with van der Waals surface area (Å²) in [6, 6.07) is 4.82. The summed E-state index contributed by atoms with van der Waals surface area (Å²) in [7, 11) is 1.45. The molecule has 0 unspecified atom stereocenters. The van der Waals surface area contributed by atoms with Crippen LogP contribution < -0.4 is 10.5 Å². The number of methoxy groups -OCH3 is 1. The first-order valence-corrected chi connectivity index (χ1v) is 5.87. The summed E-state index contributed by atoms with van der Waals surface area (Å²) in [5.41, 5.74) is 6.47. The van der Waals surface area contributed by atoms with Gasteiger partial charge in [-0.25, -0.2) is 9.37 Å². The fraction of sp³-hybridized carbons (Fsp3) is 0.273. The number of aromatic nitrogens is 2. The first-order valence-electron chi connectivity index (χ1n) is 5.09. The Labute approximate surface area is 102 Å². The fourth-order valence-electron chi connectivity index (χ4n) is 1.48. The lowest BCUT2D eigenvalue weighted by atomic mass is 10.1. The van der Waals surface area contributed by atoms with Gasteiger partial charge in [0.2, 0.25) is 0 Å². The lowest BCUT2D eigenvalue weighted by Crippen LogP contribution is -1.96. The average Bonchev–Trinajstić information content (AvgIpc) is 2.74. The fourth-order valence-corrected chi connectivity index (χ4v) is 1.96. The lowest BCUT2D eigenvalue weighted by Gasteiger charge is -2.04. The molecule has 0 aliphatic rings. The maximum absolute atomic E-state index is 13.2. The van der Waals surface area contributed by atoms with Crippen molar-refractivity contribution in [1.82, 2.24) is 9.36 Å². The summed E-state index contributed by atoms with van der Waals surface area (Å²) < 4.78 is 22.2. The highest BCUT2D eigenvalue weighted by Gasteiger charge is 2.05. The third kappa shape index (κ3) is 2.91. The van der Waals surface area contributed by atoms with Crippen LogP contribution in [0.25, 0.3) is 0 Å². The number of halogens is 1. The van der Waals surface area contributed by atoms with Crippen LogP contribution in [0.5, 0.6) is 5.75 Å². The van der Waals surface area contributed by atoms with E-state index in [0.717, 1.165) is 17.8 Å². The van der Waals surface area contributed by atoms with Gasteiger partial charge in [0.25, 0.3) is 0 Å². The van der Waals surface area contributed by atoms with E-state index in [9.17, 15) is 4.39 Å². The third-order valence-corrected chi connectivity index (χ3v) is 2.92. The Morgan fingerprint density at radius 2 is 2.24 bits per heavy atom. The number of rotatable bonds is 4. The minimum Gasteiger partial charge on any atom is -0.494 e. The van der Waals surface area contributed by atoms with Gasteiger partial charge in [-0.2, -0.15) is 4.37 Å². The van der Waals surface area contributed by atoms with Crippen LogP contribution in [0.4, 0.5) is 9.52 Å². The number of nitrogens with two attached hydrogens (primary N) is 1. The van der Waals surface area contributed by atoms with Crippen LogP contribution in [0.1, 0.15) is 11.4 Å². The highest BCUT2D eigenvalue weighted by Crippen LogP contribution is 2.19. The summed E-state index contributed by atoms with van der Waals surface area (Å²) in [6.45, 7) is 0. The van der Waals surface area contributed by atoms with Gasteiger partial charge in [-0.1, -0.05) is 6.07 Å². The molecule has 4 nitrogen and oxygen atoms in total. The molecule has 0 bridgehead atoms. The molecule has 1 aromatic heterocycles. The number of anilines is 1. The molecule has 0 saturated heterocycles. The summed E-state index contributed by atoms with van der Waals surface area (Å²) >= 11 is 1.18. The summed E-state index contributed by atoms with van der Waals surface area (Å²) in [5.74, 6) is 0.622. The van der Waals surface area contributed by atoms with E-state index in [4.69, 9.17) is 10.5 Å². The second kappa shape index (κ2) is 5.09. The number of aryl methyl sites for hydroxylation is 2. The first-order chi connectivity index (χ1) is 8.19. The Bertz CT molecular complexity index is 515. The Balaban J connectivity index is 2.04. The number of nitrogen functional groups attached to an aromatic ring is 1. The van der Waals surface area contributed by atoms with Gasteiger partial charge in [-0.3, -0.25) is 0 Å². The maximum Gasteiger partial charge on any atom is 0.199 e. The van der Waals surface area contributed by atoms with Crippen molar-refractivity contribution in [2.45, 2.75) is 12.8 Å². The van der Waals surface area contributed by atoms with E-state index in [0.29, 0.717) is 11.6 Å². The highest BCUT2D eigenvalue weighted by molar-refractivity contribution is 7.09. The smallest absolute Gasteiger partial charge is 0.199 e. The number of nitrogens with zero attached hydrogens (tertiary/aromatic N) is 2. The van der Waals surface area contributed by atoms with Gasteiger partial charge >= 0.3 is 0 Å². The molecular formula is C11H12FN3OS. The van der Waals surface area contributed by atoms with Crippen LogP contribution in [0.15, 0.2) is 18.2 Å². The van der Waals surface area contributed by atoms with Crippen molar-refractivity contribution in [2.75, 3.05) is 12.8 Å². The largest absolute Gasteiger partial charge is 0.494 e. The zero-order chi connectivity index (χ0) is 12.3. The standard InChI is InChI=1S/C11H12FN3OS/c1-16-9-6-7(2-4-8(9)12)3-5-10-14-11(13)17-15-10/h2,4,6H,3,5H2,1H3,(H2,13,14,15). The SMILES string of the molecule is COc1cc(CCc2nsc(N)n2)ccc1F. The normalized spacial score (nSPS) is 10.5. The van der Waals surface area contributed by atoms with Crippen LogP contribution in [0.2, 0.25) is 0 Å². The number of hydrogen-bond donors (Lipinski definition) is 1. The predicted molar refractivity (Wildman–Crippen MR) is 64.7 cm³/mol. The molecule has 90 valence electrons. The third-order valence-electron chi connectivity index (χ3n) is 2.34. The van der Waals surface area contributed by atoms with Crippen molar-refractivity contribution < 1.29 is 9.13 Å².